The Bertz CT molecular complexity index is 940. The molecule has 0 aromatic heterocycles. The number of halogens is 9. The van der Waals surface area contributed by atoms with Gasteiger partial charge < -0.3 is 0 Å². The second-order valence-corrected chi connectivity index (χ2v) is 7.23. The van der Waals surface area contributed by atoms with Crippen molar-refractivity contribution < 1.29 is 31.1 Å². The Kier molecular flexibility index (Phi) is 6.97. The summed E-state index contributed by atoms with van der Waals surface area (Å²) in [6, 6.07) is 4.63. The zero-order valence-corrected chi connectivity index (χ0v) is 16.7. The number of alkyl halides is 6. The summed E-state index contributed by atoms with van der Waals surface area (Å²) < 4.78 is 80.1. The topological polar surface area (TPSA) is 17.1 Å². The lowest BCUT2D eigenvalue weighted by Crippen LogP contribution is -2.19. The Morgan fingerprint density at radius 2 is 1.52 bits per heavy atom. The van der Waals surface area contributed by atoms with Gasteiger partial charge in [0.2, 0.25) is 0 Å². The number of carbonyl (C=O) groups excluding carboxylic acids is 1. The Morgan fingerprint density at radius 1 is 0.966 bits per heavy atom. The summed E-state index contributed by atoms with van der Waals surface area (Å²) >= 11 is 17.3. The van der Waals surface area contributed by atoms with Crippen LogP contribution >= 0.6 is 34.8 Å². The smallest absolute Gasteiger partial charge is 0.294 e. The van der Waals surface area contributed by atoms with Crippen molar-refractivity contribution in [2.24, 2.45) is 0 Å². The van der Waals surface area contributed by atoms with Crippen LogP contribution in [0.2, 0.25) is 15.1 Å². The van der Waals surface area contributed by atoms with E-state index in [9.17, 15) is 31.1 Å². The van der Waals surface area contributed by atoms with E-state index in [1.54, 1.807) is 0 Å². The van der Waals surface area contributed by atoms with Crippen molar-refractivity contribution in [2.75, 3.05) is 0 Å². The fourth-order valence-corrected chi connectivity index (χ4v) is 3.19. The Balaban J connectivity index is 2.52. The van der Waals surface area contributed by atoms with E-state index in [1.807, 2.05) is 0 Å². The molecule has 29 heavy (non-hydrogen) atoms. The third-order valence-corrected chi connectivity index (χ3v) is 5.12. The maximum absolute atomic E-state index is 13.5. The van der Waals surface area contributed by atoms with E-state index in [-0.39, 0.29) is 26.2 Å². The first-order valence-electron chi connectivity index (χ1n) is 7.83. The van der Waals surface area contributed by atoms with Gasteiger partial charge in [0, 0.05) is 5.56 Å². The number of rotatable bonds is 4. The molecule has 0 fully saturated rings. The molecule has 0 radical (unpaired) electrons. The van der Waals surface area contributed by atoms with E-state index in [0.29, 0.717) is 12.1 Å². The number of ketones is 1. The molecular formula is C19H11Cl3F6O. The van der Waals surface area contributed by atoms with Crippen LogP contribution in [0.25, 0.3) is 6.08 Å². The van der Waals surface area contributed by atoms with Crippen molar-refractivity contribution in [1.29, 1.82) is 0 Å². The average Bonchev–Trinajstić information content (AvgIpc) is 2.57. The van der Waals surface area contributed by atoms with Crippen LogP contribution in [0, 0.1) is 0 Å². The molecule has 10 heteroatoms. The summed E-state index contributed by atoms with van der Waals surface area (Å²) in [6.07, 6.45) is -8.05. The van der Waals surface area contributed by atoms with Crippen LogP contribution in [0.3, 0.4) is 0 Å². The van der Waals surface area contributed by atoms with Crippen molar-refractivity contribution in [2.45, 2.75) is 25.2 Å². The zero-order chi connectivity index (χ0) is 22.1. The predicted octanol–water partition coefficient (Wildman–Crippen LogP) is 8.23. The van der Waals surface area contributed by atoms with E-state index >= 15 is 0 Å². The first-order valence-corrected chi connectivity index (χ1v) is 8.96. The molecule has 1 unspecified atom stereocenters. The molecule has 0 saturated carbocycles. The first kappa shape index (κ1) is 23.6. The van der Waals surface area contributed by atoms with E-state index in [0.717, 1.165) is 37.3 Å². The van der Waals surface area contributed by atoms with Gasteiger partial charge in [-0.15, -0.1) is 0 Å². The van der Waals surface area contributed by atoms with Crippen LogP contribution in [-0.4, -0.2) is 12.0 Å². The van der Waals surface area contributed by atoms with E-state index in [4.69, 9.17) is 34.8 Å². The van der Waals surface area contributed by atoms with Gasteiger partial charge in [0.25, 0.3) is 0 Å². The van der Waals surface area contributed by atoms with Crippen LogP contribution in [0.5, 0.6) is 0 Å². The highest BCUT2D eigenvalue weighted by atomic mass is 35.5. The molecule has 0 saturated heterocycles. The van der Waals surface area contributed by atoms with Gasteiger partial charge in [0.1, 0.15) is 0 Å². The number of carbonyl (C=O) groups is 1. The maximum atomic E-state index is 13.5. The summed E-state index contributed by atoms with van der Waals surface area (Å²) in [6.45, 7) is 0.966. The molecule has 2 aromatic rings. The summed E-state index contributed by atoms with van der Waals surface area (Å²) in [5.41, 5.74) is -2.29. The summed E-state index contributed by atoms with van der Waals surface area (Å²) in [5.74, 6) is -3.01. The SMILES string of the molecule is CC(=O)c1ccc(/C=C/C(c2cc(Cl)c(Cl)c(Cl)c2)C(F)(F)F)cc1C(F)(F)F. The largest absolute Gasteiger partial charge is 0.417 e. The van der Waals surface area contributed by atoms with E-state index in [2.05, 4.69) is 0 Å². The molecule has 156 valence electrons. The molecule has 0 heterocycles. The van der Waals surface area contributed by atoms with Gasteiger partial charge in [-0.05, 0) is 36.2 Å². The molecule has 0 amide bonds. The van der Waals surface area contributed by atoms with Crippen LogP contribution in [0.15, 0.2) is 36.4 Å². The molecular weight excluding hydrogens is 465 g/mol. The molecule has 0 aliphatic carbocycles. The monoisotopic (exact) mass is 474 g/mol. The normalized spacial score (nSPS) is 13.7. The number of benzene rings is 2. The van der Waals surface area contributed by atoms with Crippen LogP contribution < -0.4 is 0 Å². The third kappa shape index (κ3) is 5.68. The van der Waals surface area contributed by atoms with Gasteiger partial charge in [0.05, 0.1) is 26.5 Å². The van der Waals surface area contributed by atoms with Gasteiger partial charge in [-0.3, -0.25) is 4.79 Å². The average molecular weight is 476 g/mol. The molecule has 0 N–H and O–H groups in total. The second-order valence-electron chi connectivity index (χ2n) is 6.04. The van der Waals surface area contributed by atoms with Gasteiger partial charge in [-0.1, -0.05) is 59.1 Å². The van der Waals surface area contributed by atoms with Gasteiger partial charge in [-0.25, -0.2) is 0 Å². The molecule has 0 aliphatic heterocycles. The predicted molar refractivity (Wildman–Crippen MR) is 101 cm³/mol. The summed E-state index contributed by atoms with van der Waals surface area (Å²) in [4.78, 5) is 11.4. The molecule has 1 nitrogen and oxygen atoms in total. The minimum Gasteiger partial charge on any atom is -0.294 e. The molecule has 0 bridgehead atoms. The highest BCUT2D eigenvalue weighted by Gasteiger charge is 2.39. The van der Waals surface area contributed by atoms with Crippen LogP contribution in [0.1, 0.15) is 39.9 Å². The maximum Gasteiger partial charge on any atom is 0.417 e. The fraction of sp³-hybridized carbons (Fsp3) is 0.211. The van der Waals surface area contributed by atoms with E-state index < -0.39 is 35.2 Å². The van der Waals surface area contributed by atoms with Gasteiger partial charge in [0.15, 0.2) is 5.78 Å². The van der Waals surface area contributed by atoms with E-state index in [1.165, 1.54) is 0 Å². The Hall–Kier alpha value is -1.70. The van der Waals surface area contributed by atoms with Crippen LogP contribution in [-0.2, 0) is 6.18 Å². The summed E-state index contributed by atoms with van der Waals surface area (Å²) in [7, 11) is 0. The lowest BCUT2D eigenvalue weighted by Gasteiger charge is -2.18. The lowest BCUT2D eigenvalue weighted by molar-refractivity contribution is -0.139. The quantitative estimate of drug-likeness (QED) is 0.247. The lowest BCUT2D eigenvalue weighted by atomic mass is 9.95. The minimum atomic E-state index is -4.84. The van der Waals surface area contributed by atoms with Crippen molar-refractivity contribution >= 4 is 46.7 Å². The molecule has 2 rings (SSSR count). The number of hydrogen-bond acceptors (Lipinski definition) is 1. The van der Waals surface area contributed by atoms with Crippen molar-refractivity contribution in [1.82, 2.24) is 0 Å². The standard InChI is InChI=1S/C19H11Cl3F6O/c1-9(29)12-4-2-10(6-14(12)19(26,27)28)3-5-13(18(23,24)25)11-7-15(20)17(22)16(21)8-11/h2-8,13H,1H3/b5-3+. The fourth-order valence-electron chi connectivity index (χ4n) is 2.58. The van der Waals surface area contributed by atoms with Crippen LogP contribution in [0.4, 0.5) is 26.3 Å². The molecule has 0 spiro atoms. The second kappa shape index (κ2) is 8.58. The minimum absolute atomic E-state index is 0.114. The van der Waals surface area contributed by atoms with Crippen molar-refractivity contribution in [3.8, 4) is 0 Å². The third-order valence-electron chi connectivity index (χ3n) is 3.93. The molecule has 0 aliphatic rings. The first-order chi connectivity index (χ1) is 13.2. The van der Waals surface area contributed by atoms with Crippen molar-refractivity contribution in [3.63, 3.8) is 0 Å². The zero-order valence-electron chi connectivity index (χ0n) is 14.4. The van der Waals surface area contributed by atoms with Gasteiger partial charge >= 0.3 is 12.4 Å². The summed E-state index contributed by atoms with van der Waals surface area (Å²) in [5, 5.41) is -0.499. The number of Topliss-reactive ketones (excluding diaryl/α,β-unsaturated/α-hetero) is 1. The highest BCUT2D eigenvalue weighted by Crippen LogP contribution is 2.41. The molecule has 2 aromatic carbocycles. The van der Waals surface area contributed by atoms with Gasteiger partial charge in [-0.2, -0.15) is 26.3 Å². The molecule has 1 atom stereocenters. The number of allylic oxidation sites excluding steroid dienone is 1. The highest BCUT2D eigenvalue weighted by molar-refractivity contribution is 6.48. The number of hydrogen-bond donors (Lipinski definition) is 0. The van der Waals surface area contributed by atoms with Crippen molar-refractivity contribution in [3.05, 3.63) is 73.7 Å². The Morgan fingerprint density at radius 3 is 1.97 bits per heavy atom. The Labute approximate surface area is 176 Å².